The first-order valence-electron chi connectivity index (χ1n) is 4.06. The van der Waals surface area contributed by atoms with Crippen molar-refractivity contribution in [2.45, 2.75) is 0 Å². The summed E-state index contributed by atoms with van der Waals surface area (Å²) in [6.45, 7) is 0. The fourth-order valence-electron chi connectivity index (χ4n) is 0.891. The van der Waals surface area contributed by atoms with E-state index in [9.17, 15) is 22.9 Å². The van der Waals surface area contributed by atoms with E-state index in [-0.39, 0.29) is 22.2 Å². The van der Waals surface area contributed by atoms with E-state index in [1.807, 2.05) is 0 Å². The van der Waals surface area contributed by atoms with E-state index in [1.165, 1.54) is 12.1 Å². The zero-order valence-corrected chi connectivity index (χ0v) is 9.55. The van der Waals surface area contributed by atoms with E-state index >= 15 is 0 Å². The molecule has 0 radical (unpaired) electrons. The highest BCUT2D eigenvalue weighted by atomic mass is 33.1. The van der Waals surface area contributed by atoms with Crippen LogP contribution in [0.4, 0.5) is 5.69 Å². The summed E-state index contributed by atoms with van der Waals surface area (Å²) in [5.41, 5.74) is 0.163. The molecule has 0 aliphatic heterocycles. The van der Waals surface area contributed by atoms with Gasteiger partial charge in [0.05, 0.1) is 11.4 Å². The van der Waals surface area contributed by atoms with Gasteiger partial charge in [-0.3, -0.25) is 4.79 Å². The number of aromatic hydroxyl groups is 1. The average Bonchev–Trinajstić information content (AvgIpc) is 2.18. The summed E-state index contributed by atoms with van der Waals surface area (Å²) in [5.74, 6) is -1.32. The fourth-order valence-corrected chi connectivity index (χ4v) is 1.97. The van der Waals surface area contributed by atoms with Gasteiger partial charge in [-0.05, 0) is 22.9 Å². The topological polar surface area (TPSA) is 107 Å². The Morgan fingerprint density at radius 3 is 2.62 bits per heavy atom. The Morgan fingerprint density at radius 1 is 1.44 bits per heavy atom. The number of para-hydroxylation sites is 2. The van der Waals surface area contributed by atoms with Crippen molar-refractivity contribution in [3.63, 3.8) is 0 Å². The first-order valence-corrected chi connectivity index (χ1v) is 6.97. The van der Waals surface area contributed by atoms with E-state index in [1.54, 1.807) is 12.1 Å². The number of amides is 1. The molecule has 6 nitrogen and oxygen atoms in total. The van der Waals surface area contributed by atoms with Crippen molar-refractivity contribution in [1.29, 1.82) is 0 Å². The summed E-state index contributed by atoms with van der Waals surface area (Å²) in [4.78, 5) is 11.2. The molecular formula is C8H8NO5S2-. The van der Waals surface area contributed by atoms with Crippen LogP contribution < -0.4 is 5.32 Å². The van der Waals surface area contributed by atoms with Gasteiger partial charge >= 0.3 is 0 Å². The van der Waals surface area contributed by atoms with Gasteiger partial charge in [-0.25, -0.2) is 8.42 Å². The number of carbonyl (C=O) groups excluding carboxylic acids is 1. The van der Waals surface area contributed by atoms with Crippen LogP contribution in [0.1, 0.15) is 0 Å². The van der Waals surface area contributed by atoms with Crippen LogP contribution in [0.15, 0.2) is 24.3 Å². The van der Waals surface area contributed by atoms with Crippen LogP contribution in [0.5, 0.6) is 5.75 Å². The molecule has 0 saturated carbocycles. The van der Waals surface area contributed by atoms with E-state index in [0.717, 1.165) is 0 Å². The van der Waals surface area contributed by atoms with Crippen LogP contribution >= 0.6 is 10.8 Å². The lowest BCUT2D eigenvalue weighted by atomic mass is 10.3. The lowest BCUT2D eigenvalue weighted by Crippen LogP contribution is -2.15. The largest absolute Gasteiger partial charge is 0.739 e. The third kappa shape index (κ3) is 4.51. The lowest BCUT2D eigenvalue weighted by molar-refractivity contribution is -0.113. The molecule has 0 saturated heterocycles. The van der Waals surface area contributed by atoms with E-state index in [2.05, 4.69) is 5.32 Å². The highest BCUT2D eigenvalue weighted by molar-refractivity contribution is 8.70. The molecule has 0 aromatic heterocycles. The first-order chi connectivity index (χ1) is 7.38. The zero-order chi connectivity index (χ0) is 12.2. The minimum atomic E-state index is -4.48. The van der Waals surface area contributed by atoms with E-state index < -0.39 is 20.8 Å². The molecule has 1 aromatic carbocycles. The smallest absolute Gasteiger partial charge is 0.235 e. The summed E-state index contributed by atoms with van der Waals surface area (Å²) in [6, 6.07) is 5.98. The Morgan fingerprint density at radius 2 is 2.06 bits per heavy atom. The second kappa shape index (κ2) is 5.19. The van der Waals surface area contributed by atoms with Crippen LogP contribution in [-0.2, 0) is 13.9 Å². The Bertz CT molecular complexity index is 485. The predicted molar refractivity (Wildman–Crippen MR) is 58.9 cm³/mol. The molecular weight excluding hydrogens is 254 g/mol. The SMILES string of the molecule is O=C(CSS(=O)(=O)[O-])Nc1ccccc1O. The molecule has 0 spiro atoms. The summed E-state index contributed by atoms with van der Waals surface area (Å²) in [6.07, 6.45) is 0. The molecule has 0 atom stereocenters. The van der Waals surface area contributed by atoms with Crippen LogP contribution in [0, 0.1) is 0 Å². The van der Waals surface area contributed by atoms with Crippen LogP contribution in [0.25, 0.3) is 0 Å². The monoisotopic (exact) mass is 262 g/mol. The predicted octanol–water partition coefficient (Wildman–Crippen LogP) is 0.524. The zero-order valence-electron chi connectivity index (χ0n) is 7.91. The molecule has 0 heterocycles. The molecule has 1 amide bonds. The fraction of sp³-hybridized carbons (Fsp3) is 0.125. The van der Waals surface area contributed by atoms with Crippen molar-refractivity contribution in [1.82, 2.24) is 0 Å². The molecule has 0 aliphatic carbocycles. The second-order valence-electron chi connectivity index (χ2n) is 2.74. The third-order valence-electron chi connectivity index (χ3n) is 1.51. The van der Waals surface area contributed by atoms with Crippen LogP contribution in [0.2, 0.25) is 0 Å². The highest BCUT2D eigenvalue weighted by Gasteiger charge is 2.07. The molecule has 0 aliphatic rings. The number of hydrogen-bond donors (Lipinski definition) is 2. The van der Waals surface area contributed by atoms with Crippen molar-refractivity contribution in [2.24, 2.45) is 0 Å². The molecule has 0 unspecified atom stereocenters. The Kier molecular flexibility index (Phi) is 4.16. The highest BCUT2D eigenvalue weighted by Crippen LogP contribution is 2.21. The van der Waals surface area contributed by atoms with Gasteiger partial charge in [-0.1, -0.05) is 12.1 Å². The van der Waals surface area contributed by atoms with E-state index in [4.69, 9.17) is 0 Å². The van der Waals surface area contributed by atoms with Gasteiger partial charge in [0.1, 0.15) is 14.9 Å². The Balaban J connectivity index is 2.56. The Labute approximate surface area is 95.8 Å². The van der Waals surface area contributed by atoms with Crippen molar-refractivity contribution in [3.8, 4) is 5.75 Å². The summed E-state index contributed by atoms with van der Waals surface area (Å²) in [7, 11) is -4.49. The molecule has 1 aromatic rings. The molecule has 16 heavy (non-hydrogen) atoms. The number of hydrogen-bond acceptors (Lipinski definition) is 6. The summed E-state index contributed by atoms with van der Waals surface area (Å²) < 4.78 is 30.7. The quantitative estimate of drug-likeness (QED) is 0.465. The molecule has 0 bridgehead atoms. The van der Waals surface area contributed by atoms with Crippen molar-refractivity contribution >= 4 is 31.5 Å². The van der Waals surface area contributed by atoms with Crippen molar-refractivity contribution in [2.75, 3.05) is 11.1 Å². The molecule has 2 N–H and O–H groups in total. The number of anilines is 1. The number of carbonyl (C=O) groups is 1. The maximum Gasteiger partial charge on any atom is 0.235 e. The van der Waals surface area contributed by atoms with Gasteiger partial charge in [0.25, 0.3) is 0 Å². The molecule has 8 heteroatoms. The maximum atomic E-state index is 11.2. The third-order valence-corrected chi connectivity index (χ3v) is 3.40. The van der Waals surface area contributed by atoms with Gasteiger partial charge in [0.15, 0.2) is 0 Å². The second-order valence-corrected chi connectivity index (χ2v) is 6.01. The molecule has 1 rings (SSSR count). The van der Waals surface area contributed by atoms with Gasteiger partial charge in [0, 0.05) is 0 Å². The average molecular weight is 262 g/mol. The van der Waals surface area contributed by atoms with Crippen molar-refractivity contribution in [3.05, 3.63) is 24.3 Å². The number of phenolic OH excluding ortho intramolecular Hbond substituents is 1. The van der Waals surface area contributed by atoms with Gasteiger partial charge < -0.3 is 15.0 Å². The number of rotatable bonds is 4. The first kappa shape index (κ1) is 12.8. The summed E-state index contributed by atoms with van der Waals surface area (Å²) in [5, 5.41) is 11.6. The molecule has 88 valence electrons. The maximum absolute atomic E-state index is 11.2. The van der Waals surface area contributed by atoms with Crippen LogP contribution in [-0.4, -0.2) is 29.7 Å². The van der Waals surface area contributed by atoms with Crippen molar-refractivity contribution < 1.29 is 22.9 Å². The standard InChI is InChI=1S/C8H9NO5S2/c10-7-4-2-1-3-6(7)9-8(11)5-15-16(12,13)14/h1-4,10H,5H2,(H,9,11)(H,12,13,14)/p-1. The van der Waals surface area contributed by atoms with Gasteiger partial charge in [-0.15, -0.1) is 0 Å². The Hall–Kier alpha value is -1.25. The van der Waals surface area contributed by atoms with Gasteiger partial charge in [-0.2, -0.15) is 0 Å². The summed E-state index contributed by atoms with van der Waals surface area (Å²) >= 11 is 0. The number of phenols is 1. The van der Waals surface area contributed by atoms with E-state index in [0.29, 0.717) is 0 Å². The normalized spacial score (nSPS) is 11.1. The van der Waals surface area contributed by atoms with Crippen LogP contribution in [0.3, 0.4) is 0 Å². The number of benzene rings is 1. The molecule has 0 fully saturated rings. The minimum absolute atomic E-state index is 0.0102. The number of nitrogens with one attached hydrogen (secondary N) is 1. The minimum Gasteiger partial charge on any atom is -0.739 e. The van der Waals surface area contributed by atoms with Gasteiger partial charge in [0.2, 0.25) is 5.91 Å². The lowest BCUT2D eigenvalue weighted by Gasteiger charge is -2.08.